The zero-order valence-electron chi connectivity index (χ0n) is 15.2. The average Bonchev–Trinajstić information content (AvgIpc) is 2.52. The maximum atomic E-state index is 13.2. The summed E-state index contributed by atoms with van der Waals surface area (Å²) in [6.45, 7) is 8.50. The zero-order chi connectivity index (χ0) is 17.9. The molecule has 0 fully saturated rings. The second-order valence-electron chi connectivity index (χ2n) is 6.33. The van der Waals surface area contributed by atoms with Crippen LogP contribution in [0.5, 0.6) is 0 Å². The predicted octanol–water partition coefficient (Wildman–Crippen LogP) is 4.20. The van der Waals surface area contributed by atoms with Crippen LogP contribution in [0.3, 0.4) is 0 Å². The molecule has 25 heavy (non-hydrogen) atoms. The van der Waals surface area contributed by atoms with Crippen molar-refractivity contribution in [1.29, 1.82) is 0 Å². The van der Waals surface area contributed by atoms with Gasteiger partial charge in [0.15, 0.2) is 5.96 Å². The topological polar surface area (TPSA) is 56.7 Å². The molecule has 0 saturated carbocycles. The van der Waals surface area contributed by atoms with E-state index in [0.29, 0.717) is 24.3 Å². The van der Waals surface area contributed by atoms with Gasteiger partial charge in [-0.3, -0.25) is 0 Å². The summed E-state index contributed by atoms with van der Waals surface area (Å²) in [5, 5.41) is 15.8. The van der Waals surface area contributed by atoms with Crippen LogP contribution in [-0.2, 0) is 6.54 Å². The predicted molar refractivity (Wildman–Crippen MR) is 114 cm³/mol. The molecule has 0 spiro atoms. The number of nitrogens with one attached hydrogen (secondary N) is 2. The highest BCUT2D eigenvalue weighted by Gasteiger charge is 2.11. The normalized spacial score (nSPS) is 12.7. The van der Waals surface area contributed by atoms with Gasteiger partial charge in [-0.05, 0) is 49.3 Å². The molecule has 0 aliphatic rings. The number of halogens is 3. The lowest BCUT2D eigenvalue weighted by Gasteiger charge is -2.20. The van der Waals surface area contributed by atoms with E-state index in [-0.39, 0.29) is 35.6 Å². The van der Waals surface area contributed by atoms with E-state index >= 15 is 0 Å². The van der Waals surface area contributed by atoms with Crippen molar-refractivity contribution in [3.63, 3.8) is 0 Å². The molecular weight excluding hydrogens is 456 g/mol. The first-order chi connectivity index (χ1) is 11.5. The molecule has 0 aliphatic carbocycles. The molecule has 1 aromatic rings. The number of aliphatic hydroxyl groups is 1. The van der Waals surface area contributed by atoms with Gasteiger partial charge in [0.1, 0.15) is 5.82 Å². The van der Waals surface area contributed by atoms with E-state index in [9.17, 15) is 9.50 Å². The monoisotopic (exact) mass is 485 g/mol. The van der Waals surface area contributed by atoms with Crippen LogP contribution < -0.4 is 10.6 Å². The molecule has 1 aromatic carbocycles. The van der Waals surface area contributed by atoms with Gasteiger partial charge in [0.05, 0.1) is 11.6 Å². The first-order valence-corrected chi connectivity index (χ1v) is 8.91. The zero-order valence-corrected chi connectivity index (χ0v) is 18.3. The molecule has 3 N–H and O–H groups in total. The lowest BCUT2D eigenvalue weighted by molar-refractivity contribution is 0.243. The minimum atomic E-state index is -0.421. The van der Waals surface area contributed by atoms with E-state index < -0.39 is 5.82 Å². The van der Waals surface area contributed by atoms with Crippen LogP contribution in [0, 0.1) is 17.7 Å². The van der Waals surface area contributed by atoms with Crippen molar-refractivity contribution in [2.24, 2.45) is 16.8 Å². The number of nitrogens with zero attached hydrogens (tertiary/aromatic N) is 1. The number of hydrogen-bond acceptors (Lipinski definition) is 2. The van der Waals surface area contributed by atoms with Crippen LogP contribution >= 0.6 is 35.6 Å². The molecule has 0 saturated heterocycles. The molecule has 1 unspecified atom stereocenters. The Bertz CT molecular complexity index is 529. The van der Waals surface area contributed by atoms with Gasteiger partial charge in [0.25, 0.3) is 0 Å². The molecule has 0 aliphatic heterocycles. The van der Waals surface area contributed by atoms with Crippen molar-refractivity contribution < 1.29 is 9.50 Å². The first kappa shape index (κ1) is 24.4. The number of aliphatic imine (C=N–C) groups is 1. The van der Waals surface area contributed by atoms with E-state index in [1.807, 2.05) is 6.92 Å². The third-order valence-electron chi connectivity index (χ3n) is 3.65. The van der Waals surface area contributed by atoms with Crippen LogP contribution in [0.4, 0.5) is 4.39 Å². The molecule has 1 atom stereocenters. The summed E-state index contributed by atoms with van der Waals surface area (Å²) in [6.07, 6.45) is 1.83. The summed E-state index contributed by atoms with van der Waals surface area (Å²) in [5.74, 6) is 1.28. The fourth-order valence-corrected chi connectivity index (χ4v) is 2.75. The van der Waals surface area contributed by atoms with Crippen LogP contribution in [0.1, 0.15) is 39.2 Å². The van der Waals surface area contributed by atoms with Crippen molar-refractivity contribution in [3.8, 4) is 0 Å². The summed E-state index contributed by atoms with van der Waals surface area (Å²) >= 11 is 5.80. The standard InChI is InChI=1S/C18H29ClFN3O.HI/c1-4-21-18(23-12-15(7-8-24)9-13(2)3)22-11-14-5-6-17(20)16(19)10-14;/h5-6,10,13,15,24H,4,7-9,11-12H2,1-3H3,(H2,21,22,23);1H. The molecule has 1 rings (SSSR count). The number of benzene rings is 1. The Kier molecular flexibility index (Phi) is 13.3. The fourth-order valence-electron chi connectivity index (χ4n) is 2.54. The fraction of sp³-hybridized carbons (Fsp3) is 0.611. The summed E-state index contributed by atoms with van der Waals surface area (Å²) < 4.78 is 13.2. The third kappa shape index (κ3) is 10.2. The Morgan fingerprint density at radius 3 is 2.60 bits per heavy atom. The van der Waals surface area contributed by atoms with Gasteiger partial charge in [-0.25, -0.2) is 9.38 Å². The Labute approximate surface area is 172 Å². The van der Waals surface area contributed by atoms with Gasteiger partial charge >= 0.3 is 0 Å². The van der Waals surface area contributed by atoms with Crippen LogP contribution in [0.25, 0.3) is 0 Å². The molecule has 144 valence electrons. The highest BCUT2D eigenvalue weighted by molar-refractivity contribution is 14.0. The maximum Gasteiger partial charge on any atom is 0.191 e. The first-order valence-electron chi connectivity index (χ1n) is 8.53. The molecular formula is C18H30ClFIN3O. The summed E-state index contributed by atoms with van der Waals surface area (Å²) in [7, 11) is 0. The molecule has 0 aromatic heterocycles. The SMILES string of the molecule is CCNC(=NCc1ccc(F)c(Cl)c1)NCC(CCO)CC(C)C.I. The van der Waals surface area contributed by atoms with Gasteiger partial charge in [-0.15, -0.1) is 24.0 Å². The lowest BCUT2D eigenvalue weighted by Crippen LogP contribution is -2.40. The molecule has 0 amide bonds. The van der Waals surface area contributed by atoms with Crippen LogP contribution in [-0.4, -0.2) is 30.8 Å². The van der Waals surface area contributed by atoms with E-state index in [0.717, 1.165) is 31.5 Å². The van der Waals surface area contributed by atoms with Gasteiger partial charge in [-0.1, -0.05) is 31.5 Å². The van der Waals surface area contributed by atoms with E-state index in [2.05, 4.69) is 29.5 Å². The molecule has 7 heteroatoms. The highest BCUT2D eigenvalue weighted by Crippen LogP contribution is 2.17. The Hall–Kier alpha value is -0.600. The summed E-state index contributed by atoms with van der Waals surface area (Å²) in [5.41, 5.74) is 0.854. The van der Waals surface area contributed by atoms with Gasteiger partial charge in [-0.2, -0.15) is 0 Å². The average molecular weight is 486 g/mol. The second-order valence-corrected chi connectivity index (χ2v) is 6.74. The number of hydrogen-bond donors (Lipinski definition) is 3. The maximum absolute atomic E-state index is 13.2. The smallest absolute Gasteiger partial charge is 0.191 e. The Morgan fingerprint density at radius 1 is 1.32 bits per heavy atom. The molecule has 0 bridgehead atoms. The number of aliphatic hydroxyl groups excluding tert-OH is 1. The molecule has 4 nitrogen and oxygen atoms in total. The molecule has 0 radical (unpaired) electrons. The quantitative estimate of drug-likeness (QED) is 0.279. The number of rotatable bonds is 9. The minimum Gasteiger partial charge on any atom is -0.396 e. The van der Waals surface area contributed by atoms with Gasteiger partial charge in [0, 0.05) is 19.7 Å². The van der Waals surface area contributed by atoms with Crippen LogP contribution in [0.15, 0.2) is 23.2 Å². The largest absolute Gasteiger partial charge is 0.396 e. The van der Waals surface area contributed by atoms with E-state index in [4.69, 9.17) is 11.6 Å². The van der Waals surface area contributed by atoms with E-state index in [1.165, 1.54) is 6.07 Å². The second kappa shape index (κ2) is 13.6. The Balaban J connectivity index is 0.00000576. The summed E-state index contributed by atoms with van der Waals surface area (Å²) in [4.78, 5) is 4.52. The number of guanidine groups is 1. The minimum absolute atomic E-state index is 0. The van der Waals surface area contributed by atoms with E-state index in [1.54, 1.807) is 12.1 Å². The lowest BCUT2D eigenvalue weighted by atomic mass is 9.94. The van der Waals surface area contributed by atoms with Gasteiger partial charge < -0.3 is 15.7 Å². The molecule has 0 heterocycles. The van der Waals surface area contributed by atoms with Gasteiger partial charge in [0.2, 0.25) is 0 Å². The van der Waals surface area contributed by atoms with Crippen molar-refractivity contribution in [2.75, 3.05) is 19.7 Å². The van der Waals surface area contributed by atoms with Crippen molar-refractivity contribution in [2.45, 2.75) is 40.2 Å². The van der Waals surface area contributed by atoms with Crippen molar-refractivity contribution >= 4 is 41.5 Å². The van der Waals surface area contributed by atoms with Crippen molar-refractivity contribution in [3.05, 3.63) is 34.6 Å². The van der Waals surface area contributed by atoms with Crippen LogP contribution in [0.2, 0.25) is 5.02 Å². The third-order valence-corrected chi connectivity index (χ3v) is 3.94. The highest BCUT2D eigenvalue weighted by atomic mass is 127. The Morgan fingerprint density at radius 2 is 2.04 bits per heavy atom. The summed E-state index contributed by atoms with van der Waals surface area (Å²) in [6, 6.07) is 4.63. The van der Waals surface area contributed by atoms with Crippen molar-refractivity contribution in [1.82, 2.24) is 10.6 Å².